The number of amides is 1. The first kappa shape index (κ1) is 23.1. The molecule has 0 saturated heterocycles. The number of unbranched alkanes of at least 4 members (excludes halogenated alkanes) is 1. The van der Waals surface area contributed by atoms with Gasteiger partial charge in [-0.3, -0.25) is 19.1 Å². The lowest BCUT2D eigenvalue weighted by molar-refractivity contribution is -0.115. The summed E-state index contributed by atoms with van der Waals surface area (Å²) in [7, 11) is 1.55. The van der Waals surface area contributed by atoms with Crippen molar-refractivity contribution < 1.29 is 9.53 Å². The molecule has 1 amide bonds. The number of hydrogen-bond donors (Lipinski definition) is 3. The van der Waals surface area contributed by atoms with Gasteiger partial charge in [0.2, 0.25) is 5.91 Å². The van der Waals surface area contributed by atoms with Crippen molar-refractivity contribution in [2.24, 2.45) is 5.92 Å². The second-order valence-corrected chi connectivity index (χ2v) is 7.55. The fraction of sp³-hybridized carbons (Fsp3) is 0.476. The molecule has 0 bridgehead atoms. The van der Waals surface area contributed by atoms with Crippen molar-refractivity contribution in [3.63, 3.8) is 0 Å². The van der Waals surface area contributed by atoms with Gasteiger partial charge in [0.1, 0.15) is 17.3 Å². The van der Waals surface area contributed by atoms with E-state index in [1.165, 1.54) is 4.57 Å². The molecule has 30 heavy (non-hydrogen) atoms. The standard InChI is InChI=1S/C21H31N5O4/c1-5-6-10-25(13-17(27)23-15-8-7-9-16(11-15)30-4)18-19(22)26(12-14(2)3)21(29)24-20(18)28/h7-9,11,14H,5-6,10,12-13,22H2,1-4H3,(H,23,27)(H,24,28,29). The summed E-state index contributed by atoms with van der Waals surface area (Å²) < 4.78 is 6.52. The quantitative estimate of drug-likeness (QED) is 0.544. The highest BCUT2D eigenvalue weighted by atomic mass is 16.5. The number of carbonyl (C=O) groups excluding carboxylic acids is 1. The van der Waals surface area contributed by atoms with E-state index in [1.807, 2.05) is 20.8 Å². The molecular formula is C21H31N5O4. The molecule has 2 aromatic rings. The van der Waals surface area contributed by atoms with E-state index < -0.39 is 11.2 Å². The van der Waals surface area contributed by atoms with Crippen molar-refractivity contribution >= 4 is 23.1 Å². The van der Waals surface area contributed by atoms with E-state index in [0.717, 1.165) is 12.8 Å². The Morgan fingerprint density at radius 2 is 2.07 bits per heavy atom. The number of nitrogens with one attached hydrogen (secondary N) is 2. The zero-order valence-electron chi connectivity index (χ0n) is 18.0. The molecule has 0 fully saturated rings. The Morgan fingerprint density at radius 1 is 1.33 bits per heavy atom. The summed E-state index contributed by atoms with van der Waals surface area (Å²) in [5.74, 6) is 0.545. The van der Waals surface area contributed by atoms with Gasteiger partial charge in [-0.15, -0.1) is 0 Å². The number of benzene rings is 1. The number of nitrogen functional groups attached to an aromatic ring is 1. The van der Waals surface area contributed by atoms with Crippen molar-refractivity contribution in [2.75, 3.05) is 36.1 Å². The van der Waals surface area contributed by atoms with Gasteiger partial charge in [0, 0.05) is 24.8 Å². The largest absolute Gasteiger partial charge is 0.497 e. The van der Waals surface area contributed by atoms with Crippen molar-refractivity contribution in [2.45, 2.75) is 40.2 Å². The average Bonchev–Trinajstić information content (AvgIpc) is 2.68. The summed E-state index contributed by atoms with van der Waals surface area (Å²) in [5, 5.41) is 2.81. The monoisotopic (exact) mass is 417 g/mol. The first-order valence-electron chi connectivity index (χ1n) is 10.1. The van der Waals surface area contributed by atoms with Crippen LogP contribution in [-0.4, -0.2) is 35.7 Å². The van der Waals surface area contributed by atoms with Crippen LogP contribution in [0.15, 0.2) is 33.9 Å². The minimum absolute atomic E-state index is 0.0720. The number of ether oxygens (including phenoxy) is 1. The third-order valence-electron chi connectivity index (χ3n) is 4.55. The Balaban J connectivity index is 2.34. The number of rotatable bonds is 10. The van der Waals surface area contributed by atoms with Crippen LogP contribution in [0.4, 0.5) is 17.2 Å². The number of nitrogens with two attached hydrogens (primary N) is 1. The Labute approximate surface area is 175 Å². The topological polar surface area (TPSA) is 122 Å². The highest BCUT2D eigenvalue weighted by molar-refractivity contribution is 5.94. The molecule has 4 N–H and O–H groups in total. The number of aromatic amines is 1. The predicted molar refractivity (Wildman–Crippen MR) is 119 cm³/mol. The highest BCUT2D eigenvalue weighted by Gasteiger charge is 2.21. The van der Waals surface area contributed by atoms with E-state index in [0.29, 0.717) is 24.5 Å². The zero-order valence-corrected chi connectivity index (χ0v) is 18.0. The van der Waals surface area contributed by atoms with Crippen molar-refractivity contribution in [1.29, 1.82) is 0 Å². The molecule has 0 atom stereocenters. The molecule has 0 aliphatic carbocycles. The van der Waals surface area contributed by atoms with E-state index in [-0.39, 0.29) is 29.9 Å². The minimum atomic E-state index is -0.595. The lowest BCUT2D eigenvalue weighted by atomic mass is 10.2. The minimum Gasteiger partial charge on any atom is -0.497 e. The first-order valence-corrected chi connectivity index (χ1v) is 10.1. The number of methoxy groups -OCH3 is 1. The highest BCUT2D eigenvalue weighted by Crippen LogP contribution is 2.20. The lowest BCUT2D eigenvalue weighted by Gasteiger charge is -2.26. The van der Waals surface area contributed by atoms with E-state index in [9.17, 15) is 14.4 Å². The molecule has 0 aliphatic heterocycles. The van der Waals surface area contributed by atoms with E-state index in [2.05, 4.69) is 10.3 Å². The lowest BCUT2D eigenvalue weighted by Crippen LogP contribution is -2.42. The molecule has 0 radical (unpaired) electrons. The summed E-state index contributed by atoms with van der Waals surface area (Å²) in [4.78, 5) is 41.5. The SMILES string of the molecule is CCCCN(CC(=O)Nc1cccc(OC)c1)c1c(N)n(CC(C)C)c(=O)[nH]c1=O. The van der Waals surface area contributed by atoms with Gasteiger partial charge in [-0.1, -0.05) is 33.3 Å². The Kier molecular flexibility index (Phi) is 8.08. The molecule has 0 spiro atoms. The molecular weight excluding hydrogens is 386 g/mol. The van der Waals surface area contributed by atoms with Crippen molar-refractivity contribution in [3.8, 4) is 5.75 Å². The van der Waals surface area contributed by atoms with Crippen LogP contribution in [0.5, 0.6) is 5.75 Å². The van der Waals surface area contributed by atoms with Crippen LogP contribution >= 0.6 is 0 Å². The van der Waals surface area contributed by atoms with Crippen LogP contribution in [0.2, 0.25) is 0 Å². The number of hydrogen-bond acceptors (Lipinski definition) is 6. The van der Waals surface area contributed by atoms with E-state index in [4.69, 9.17) is 10.5 Å². The number of H-pyrrole nitrogens is 1. The van der Waals surface area contributed by atoms with E-state index in [1.54, 1.807) is 36.3 Å². The third kappa shape index (κ3) is 5.88. The smallest absolute Gasteiger partial charge is 0.330 e. The Bertz CT molecular complexity index is 980. The van der Waals surface area contributed by atoms with Gasteiger partial charge in [0.25, 0.3) is 5.56 Å². The number of aromatic nitrogens is 2. The van der Waals surface area contributed by atoms with E-state index >= 15 is 0 Å². The fourth-order valence-electron chi connectivity index (χ4n) is 3.12. The summed E-state index contributed by atoms with van der Waals surface area (Å²) in [5.41, 5.74) is 5.81. The van der Waals surface area contributed by atoms with Gasteiger partial charge in [-0.05, 0) is 24.5 Å². The molecule has 0 aliphatic rings. The molecule has 164 valence electrons. The summed E-state index contributed by atoms with van der Waals surface area (Å²) in [6.07, 6.45) is 1.63. The van der Waals surface area contributed by atoms with Gasteiger partial charge in [0.15, 0.2) is 0 Å². The first-order chi connectivity index (χ1) is 14.3. The number of carbonyl (C=O) groups is 1. The molecule has 9 heteroatoms. The summed E-state index contributed by atoms with van der Waals surface area (Å²) in [6.45, 7) is 6.66. The normalized spacial score (nSPS) is 10.8. The van der Waals surface area contributed by atoms with Gasteiger partial charge >= 0.3 is 5.69 Å². The fourth-order valence-corrected chi connectivity index (χ4v) is 3.12. The molecule has 1 aromatic heterocycles. The predicted octanol–water partition coefficient (Wildman–Crippen LogP) is 2.03. The van der Waals surface area contributed by atoms with Gasteiger partial charge < -0.3 is 20.7 Å². The van der Waals surface area contributed by atoms with Gasteiger partial charge in [-0.25, -0.2) is 4.79 Å². The van der Waals surface area contributed by atoms with Crippen molar-refractivity contribution in [1.82, 2.24) is 9.55 Å². The Morgan fingerprint density at radius 3 is 2.70 bits per heavy atom. The molecule has 9 nitrogen and oxygen atoms in total. The molecule has 0 unspecified atom stereocenters. The molecule has 0 saturated carbocycles. The number of anilines is 3. The van der Waals surface area contributed by atoms with Crippen LogP contribution in [0, 0.1) is 5.92 Å². The van der Waals surface area contributed by atoms with Crippen LogP contribution in [0.1, 0.15) is 33.6 Å². The second kappa shape index (κ2) is 10.5. The van der Waals surface area contributed by atoms with Crippen molar-refractivity contribution in [3.05, 3.63) is 45.1 Å². The zero-order chi connectivity index (χ0) is 22.3. The summed E-state index contributed by atoms with van der Waals surface area (Å²) >= 11 is 0. The molecule has 1 aromatic carbocycles. The van der Waals surface area contributed by atoms with Crippen LogP contribution in [0.25, 0.3) is 0 Å². The third-order valence-corrected chi connectivity index (χ3v) is 4.55. The summed E-state index contributed by atoms with van der Waals surface area (Å²) in [6, 6.07) is 7.01. The maximum absolute atomic E-state index is 12.7. The number of nitrogens with zero attached hydrogens (tertiary/aromatic N) is 2. The maximum atomic E-state index is 12.7. The van der Waals surface area contributed by atoms with Crippen LogP contribution < -0.4 is 31.9 Å². The van der Waals surface area contributed by atoms with Gasteiger partial charge in [-0.2, -0.15) is 0 Å². The second-order valence-electron chi connectivity index (χ2n) is 7.55. The average molecular weight is 418 g/mol. The maximum Gasteiger partial charge on any atom is 0.330 e. The van der Waals surface area contributed by atoms with Crippen LogP contribution in [-0.2, 0) is 11.3 Å². The van der Waals surface area contributed by atoms with Crippen LogP contribution in [0.3, 0.4) is 0 Å². The molecule has 2 rings (SSSR count). The Hall–Kier alpha value is -3.23. The molecule has 1 heterocycles. The van der Waals surface area contributed by atoms with Gasteiger partial charge in [0.05, 0.1) is 13.7 Å².